The third kappa shape index (κ3) is 3.12. The van der Waals surface area contributed by atoms with Crippen LogP contribution in [0, 0.1) is 0 Å². The van der Waals surface area contributed by atoms with E-state index in [1.807, 2.05) is 12.3 Å². The zero-order chi connectivity index (χ0) is 11.4. The Hall–Kier alpha value is -0.740. The molecule has 0 aliphatic carbocycles. The summed E-state index contributed by atoms with van der Waals surface area (Å²) in [5, 5.41) is 3.58. The predicted molar refractivity (Wildman–Crippen MR) is 66.7 cm³/mol. The summed E-state index contributed by atoms with van der Waals surface area (Å²) in [6, 6.07) is 4.88. The maximum atomic E-state index is 11.2. The fourth-order valence-corrected chi connectivity index (χ4v) is 3.34. The fraction of sp³-hybridized carbons (Fsp3) is 0.583. The lowest BCUT2D eigenvalue weighted by Gasteiger charge is -2.26. The summed E-state index contributed by atoms with van der Waals surface area (Å²) >= 11 is 0. The van der Waals surface area contributed by atoms with E-state index in [4.69, 9.17) is 0 Å². The van der Waals surface area contributed by atoms with Gasteiger partial charge in [-0.1, -0.05) is 6.07 Å². The molecule has 1 fully saturated rings. The number of nitrogens with zero attached hydrogens (tertiary/aromatic N) is 1. The van der Waals surface area contributed by atoms with E-state index in [-0.39, 0.29) is 0 Å². The van der Waals surface area contributed by atoms with Crippen molar-refractivity contribution in [3.63, 3.8) is 0 Å². The number of aromatic nitrogens is 1. The van der Waals surface area contributed by atoms with E-state index >= 15 is 0 Å². The molecule has 0 amide bonds. The quantitative estimate of drug-likeness (QED) is 0.870. The van der Waals surface area contributed by atoms with Crippen molar-refractivity contribution < 1.29 is 4.21 Å². The van der Waals surface area contributed by atoms with Crippen molar-refractivity contribution in [3.05, 3.63) is 30.1 Å². The van der Waals surface area contributed by atoms with Gasteiger partial charge in [0.1, 0.15) is 0 Å². The van der Waals surface area contributed by atoms with Crippen molar-refractivity contribution in [1.29, 1.82) is 0 Å². The van der Waals surface area contributed by atoms with Crippen molar-refractivity contribution in [1.82, 2.24) is 10.3 Å². The van der Waals surface area contributed by atoms with Crippen molar-refractivity contribution in [2.75, 3.05) is 11.5 Å². The normalized spacial score (nSPS) is 27.6. The molecule has 0 unspecified atom stereocenters. The monoisotopic (exact) mass is 238 g/mol. The molecular formula is C12H18N2OS. The zero-order valence-electron chi connectivity index (χ0n) is 9.56. The van der Waals surface area contributed by atoms with Crippen LogP contribution in [0.1, 0.15) is 31.4 Å². The van der Waals surface area contributed by atoms with Gasteiger partial charge < -0.3 is 5.32 Å². The molecule has 1 N–H and O–H groups in total. The van der Waals surface area contributed by atoms with Gasteiger partial charge in [-0.05, 0) is 31.4 Å². The minimum Gasteiger partial charge on any atom is -0.307 e. The molecule has 3 nitrogen and oxygen atoms in total. The van der Waals surface area contributed by atoms with Gasteiger partial charge in [-0.3, -0.25) is 9.19 Å². The summed E-state index contributed by atoms with van der Waals surface area (Å²) in [6.07, 6.45) is 5.74. The van der Waals surface area contributed by atoms with Crippen LogP contribution in [0.25, 0.3) is 0 Å². The topological polar surface area (TPSA) is 42.0 Å². The van der Waals surface area contributed by atoms with Gasteiger partial charge in [-0.25, -0.2) is 0 Å². The number of nitrogens with one attached hydrogen (secondary N) is 1. The van der Waals surface area contributed by atoms with Crippen LogP contribution in [0.15, 0.2) is 24.5 Å². The number of hydrogen-bond acceptors (Lipinski definition) is 3. The second kappa shape index (κ2) is 5.55. The molecule has 4 heteroatoms. The van der Waals surface area contributed by atoms with Gasteiger partial charge in [0.25, 0.3) is 0 Å². The lowest BCUT2D eigenvalue weighted by Crippen LogP contribution is -2.37. The number of rotatable bonds is 3. The van der Waals surface area contributed by atoms with E-state index in [1.54, 1.807) is 6.20 Å². The highest BCUT2D eigenvalue weighted by molar-refractivity contribution is 7.85. The van der Waals surface area contributed by atoms with Crippen molar-refractivity contribution in [3.8, 4) is 0 Å². The van der Waals surface area contributed by atoms with E-state index < -0.39 is 10.8 Å². The molecule has 1 saturated heterocycles. The first kappa shape index (κ1) is 11.7. The van der Waals surface area contributed by atoms with Crippen LogP contribution in [0.4, 0.5) is 0 Å². The van der Waals surface area contributed by atoms with Crippen LogP contribution in [0.2, 0.25) is 0 Å². The molecule has 1 aliphatic rings. The Kier molecular flexibility index (Phi) is 4.07. The second-order valence-corrected chi connectivity index (χ2v) is 5.99. The van der Waals surface area contributed by atoms with Crippen LogP contribution in [-0.4, -0.2) is 26.7 Å². The van der Waals surface area contributed by atoms with Crippen LogP contribution in [0.5, 0.6) is 0 Å². The van der Waals surface area contributed by atoms with E-state index in [9.17, 15) is 4.21 Å². The summed E-state index contributed by atoms with van der Waals surface area (Å²) in [4.78, 5) is 4.12. The van der Waals surface area contributed by atoms with Gasteiger partial charge in [0, 0.05) is 46.8 Å². The highest BCUT2D eigenvalue weighted by Gasteiger charge is 2.19. The molecule has 1 atom stereocenters. The van der Waals surface area contributed by atoms with Gasteiger partial charge in [-0.2, -0.15) is 0 Å². The van der Waals surface area contributed by atoms with Gasteiger partial charge in [0.2, 0.25) is 0 Å². The molecule has 1 aromatic heterocycles. The lowest BCUT2D eigenvalue weighted by atomic mass is 10.1. The van der Waals surface area contributed by atoms with E-state index in [0.29, 0.717) is 12.1 Å². The molecule has 0 spiro atoms. The van der Waals surface area contributed by atoms with Crippen LogP contribution in [0.3, 0.4) is 0 Å². The maximum Gasteiger partial charge on any atom is 0.0315 e. The van der Waals surface area contributed by atoms with Crippen LogP contribution < -0.4 is 5.32 Å². The average molecular weight is 238 g/mol. The van der Waals surface area contributed by atoms with E-state index in [1.165, 1.54) is 5.56 Å². The molecule has 0 radical (unpaired) electrons. The molecule has 88 valence electrons. The molecule has 2 heterocycles. The minimum atomic E-state index is -0.573. The Morgan fingerprint density at radius 1 is 1.50 bits per heavy atom. The average Bonchev–Trinajstić information content (AvgIpc) is 2.33. The highest BCUT2D eigenvalue weighted by atomic mass is 32.2. The third-order valence-corrected chi connectivity index (χ3v) is 4.44. The van der Waals surface area contributed by atoms with Gasteiger partial charge in [0.15, 0.2) is 0 Å². The maximum absolute atomic E-state index is 11.2. The number of hydrogen-bond donors (Lipinski definition) is 1. The van der Waals surface area contributed by atoms with Gasteiger partial charge >= 0.3 is 0 Å². The molecular weight excluding hydrogens is 220 g/mol. The van der Waals surface area contributed by atoms with Crippen molar-refractivity contribution in [2.24, 2.45) is 0 Å². The van der Waals surface area contributed by atoms with Gasteiger partial charge in [0.05, 0.1) is 0 Å². The molecule has 1 aromatic rings. The molecule has 2 rings (SSSR count). The van der Waals surface area contributed by atoms with Crippen molar-refractivity contribution in [2.45, 2.75) is 31.8 Å². The van der Waals surface area contributed by atoms with E-state index in [0.717, 1.165) is 24.3 Å². The molecule has 0 bridgehead atoms. The minimum absolute atomic E-state index is 0.324. The highest BCUT2D eigenvalue weighted by Crippen LogP contribution is 2.16. The Labute approximate surface area is 99.1 Å². The van der Waals surface area contributed by atoms with Crippen molar-refractivity contribution >= 4 is 10.8 Å². The van der Waals surface area contributed by atoms with E-state index in [2.05, 4.69) is 23.3 Å². The lowest BCUT2D eigenvalue weighted by molar-refractivity contribution is 0.426. The summed E-state index contributed by atoms with van der Waals surface area (Å²) in [7, 11) is -0.573. The number of pyridine rings is 1. The standard InChI is InChI=1S/C12H18N2OS/c1-10(11-3-2-6-13-9-11)14-12-4-7-16(15)8-5-12/h2-3,6,9-10,12,14H,4-5,7-8H2,1H3/t10-,12?,16?/m0/s1. The smallest absolute Gasteiger partial charge is 0.0315 e. The second-order valence-electron chi connectivity index (χ2n) is 4.30. The fourth-order valence-electron chi connectivity index (χ4n) is 2.04. The molecule has 1 aliphatic heterocycles. The Bertz CT molecular complexity index is 345. The van der Waals surface area contributed by atoms with Gasteiger partial charge in [-0.15, -0.1) is 0 Å². The molecule has 0 saturated carbocycles. The van der Waals surface area contributed by atoms with Crippen LogP contribution in [-0.2, 0) is 10.8 Å². The third-order valence-electron chi connectivity index (χ3n) is 3.06. The Balaban J connectivity index is 1.88. The molecule has 0 aromatic carbocycles. The first-order chi connectivity index (χ1) is 7.75. The molecule has 16 heavy (non-hydrogen) atoms. The Morgan fingerprint density at radius 3 is 2.88 bits per heavy atom. The summed E-state index contributed by atoms with van der Waals surface area (Å²) in [5.41, 5.74) is 1.22. The predicted octanol–water partition coefficient (Wildman–Crippen LogP) is 1.64. The zero-order valence-corrected chi connectivity index (χ0v) is 10.4. The first-order valence-corrected chi connectivity index (χ1v) is 7.25. The van der Waals surface area contributed by atoms with Crippen LogP contribution >= 0.6 is 0 Å². The largest absolute Gasteiger partial charge is 0.307 e. The SMILES string of the molecule is C[C@H](NC1CCS(=O)CC1)c1cccnc1. The first-order valence-electron chi connectivity index (χ1n) is 5.76. The summed E-state index contributed by atoms with van der Waals surface area (Å²) < 4.78 is 11.2. The summed E-state index contributed by atoms with van der Waals surface area (Å²) in [5.74, 6) is 1.69. The summed E-state index contributed by atoms with van der Waals surface area (Å²) in [6.45, 7) is 2.16. The Morgan fingerprint density at radius 2 is 2.25 bits per heavy atom.